The molecule has 0 aliphatic heterocycles. The zero-order valence-corrected chi connectivity index (χ0v) is 17.2. The van der Waals surface area contributed by atoms with E-state index in [1.54, 1.807) is 0 Å². The maximum absolute atomic E-state index is 12.4. The Balaban J connectivity index is 0. The summed E-state index contributed by atoms with van der Waals surface area (Å²) in [5.74, 6) is 0.0838. The molecule has 0 saturated heterocycles. The van der Waals surface area contributed by atoms with Crippen molar-refractivity contribution in [3.63, 3.8) is 0 Å². The molecule has 2 nitrogen and oxygen atoms in total. The summed E-state index contributed by atoms with van der Waals surface area (Å²) < 4.78 is 1.39. The first-order valence-corrected chi connectivity index (χ1v) is 8.46. The third-order valence-corrected chi connectivity index (χ3v) is 3.54. The Morgan fingerprint density at radius 3 is 1.86 bits per heavy atom. The molecular weight excluding hydrogens is 406 g/mol. The average Bonchev–Trinajstić information content (AvgIpc) is 2.45. The number of Topliss-reactive ketones (excluding diaryl/α,β-unsaturated/α-hetero) is 1. The van der Waals surface area contributed by atoms with E-state index in [4.69, 9.17) is 5.41 Å². The van der Waals surface area contributed by atoms with Crippen LogP contribution in [-0.2, 0) is 4.79 Å². The topological polar surface area (TPSA) is 40.9 Å². The highest BCUT2D eigenvalue weighted by atomic mass is 79.9. The molecule has 0 spiro atoms. The average molecular weight is 431 g/mol. The highest BCUT2D eigenvalue weighted by Crippen LogP contribution is 2.25. The number of nitrogens with one attached hydrogen (secondary N) is 1. The zero-order valence-electron chi connectivity index (χ0n) is 14.0. The van der Waals surface area contributed by atoms with Gasteiger partial charge in [0.25, 0.3) is 0 Å². The van der Waals surface area contributed by atoms with Crippen LogP contribution in [0.15, 0.2) is 56.6 Å². The maximum Gasteiger partial charge on any atom is 0.188 e. The summed E-state index contributed by atoms with van der Waals surface area (Å²) in [5, 5.41) is 6.39. The minimum atomic E-state index is 0.0838. The summed E-state index contributed by atoms with van der Waals surface area (Å²) in [6, 6.07) is 0. The molecule has 0 aromatic carbocycles. The van der Waals surface area contributed by atoms with Gasteiger partial charge in [-0.2, -0.15) is 0 Å². The van der Waals surface area contributed by atoms with E-state index in [1.165, 1.54) is 0 Å². The van der Waals surface area contributed by atoms with Gasteiger partial charge in [0.1, 0.15) is 0 Å². The Morgan fingerprint density at radius 1 is 1.18 bits per heavy atom. The lowest BCUT2D eigenvalue weighted by Crippen LogP contribution is -2.07. The van der Waals surface area contributed by atoms with Gasteiger partial charge in [-0.05, 0) is 61.2 Å². The fraction of sp³-hybridized carbons (Fsp3) is 0.333. The number of ketones is 1. The molecule has 0 saturated carbocycles. The number of hydrogen-bond donors (Lipinski definition) is 1. The van der Waals surface area contributed by atoms with Crippen molar-refractivity contribution in [1.82, 2.24) is 0 Å². The van der Waals surface area contributed by atoms with Gasteiger partial charge in [0.05, 0.1) is 0 Å². The van der Waals surface area contributed by atoms with Crippen LogP contribution in [0.3, 0.4) is 0 Å². The maximum atomic E-state index is 12.4. The van der Waals surface area contributed by atoms with Gasteiger partial charge in [-0.3, -0.25) is 4.79 Å². The standard InChI is InChI=1S/C15H21BrO.C3H4BrN/c1-7-9-14(13(8-2)12(6)16)15(17)11(5)10(3)4;1-3(4)2-5/h7,9H,6,8H2,1-5H3;2,5H,1H2/b9-7-,14-13+;. The van der Waals surface area contributed by atoms with Crippen LogP contribution in [0, 0.1) is 5.41 Å². The highest BCUT2D eigenvalue weighted by molar-refractivity contribution is 9.12. The minimum Gasteiger partial charge on any atom is -0.308 e. The first kappa shape index (κ1) is 23.3. The predicted molar refractivity (Wildman–Crippen MR) is 106 cm³/mol. The second-order valence-corrected chi connectivity index (χ2v) is 6.67. The normalized spacial score (nSPS) is 11.0. The fourth-order valence-corrected chi connectivity index (χ4v) is 1.93. The van der Waals surface area contributed by atoms with Crippen molar-refractivity contribution in [1.29, 1.82) is 5.41 Å². The number of allylic oxidation sites excluding steroid dienone is 8. The van der Waals surface area contributed by atoms with Crippen molar-refractivity contribution < 1.29 is 4.79 Å². The van der Waals surface area contributed by atoms with Crippen LogP contribution < -0.4 is 0 Å². The SMILES string of the molecule is C=C(Br)/C(CC)=C(\C=C/C)C(=O)C(C)=C(C)C.C=C(Br)C=N. The van der Waals surface area contributed by atoms with Crippen molar-refractivity contribution in [3.8, 4) is 0 Å². The first-order chi connectivity index (χ1) is 10.1. The van der Waals surface area contributed by atoms with E-state index < -0.39 is 0 Å². The zero-order chi connectivity index (χ0) is 17.9. The molecule has 0 rings (SSSR count). The van der Waals surface area contributed by atoms with Crippen molar-refractivity contribution in [2.45, 2.75) is 41.0 Å². The lowest BCUT2D eigenvalue weighted by molar-refractivity contribution is -0.112. The number of halogens is 2. The fourth-order valence-electron chi connectivity index (χ4n) is 1.44. The quantitative estimate of drug-likeness (QED) is 0.286. The van der Waals surface area contributed by atoms with Crippen LogP contribution in [0.1, 0.15) is 41.0 Å². The van der Waals surface area contributed by atoms with Gasteiger partial charge >= 0.3 is 0 Å². The van der Waals surface area contributed by atoms with E-state index in [-0.39, 0.29) is 5.78 Å². The molecule has 0 radical (unpaired) electrons. The Kier molecular flexibility index (Phi) is 13.3. The predicted octanol–water partition coefficient (Wildman–Crippen LogP) is 6.65. The molecule has 4 heteroatoms. The molecule has 0 amide bonds. The van der Waals surface area contributed by atoms with Crippen molar-refractivity contribution in [2.24, 2.45) is 0 Å². The second kappa shape index (κ2) is 12.5. The van der Waals surface area contributed by atoms with Crippen LogP contribution in [0.25, 0.3) is 0 Å². The Hall–Kier alpha value is -1.00. The molecule has 22 heavy (non-hydrogen) atoms. The van der Waals surface area contributed by atoms with Gasteiger partial charge in [0.15, 0.2) is 5.78 Å². The molecule has 0 fully saturated rings. The number of hydrogen-bond acceptors (Lipinski definition) is 2. The minimum absolute atomic E-state index is 0.0838. The molecule has 122 valence electrons. The second-order valence-electron chi connectivity index (χ2n) is 4.70. The highest BCUT2D eigenvalue weighted by Gasteiger charge is 2.15. The summed E-state index contributed by atoms with van der Waals surface area (Å²) >= 11 is 6.31. The van der Waals surface area contributed by atoms with E-state index in [0.717, 1.165) is 39.4 Å². The monoisotopic (exact) mass is 429 g/mol. The summed E-state index contributed by atoms with van der Waals surface area (Å²) in [5.41, 5.74) is 3.55. The van der Waals surface area contributed by atoms with E-state index >= 15 is 0 Å². The summed E-state index contributed by atoms with van der Waals surface area (Å²) in [6.07, 6.45) is 5.67. The third-order valence-electron chi connectivity index (χ3n) is 2.83. The van der Waals surface area contributed by atoms with Crippen LogP contribution in [0.2, 0.25) is 0 Å². The molecule has 0 bridgehead atoms. The number of carbonyl (C=O) groups is 1. The van der Waals surface area contributed by atoms with Crippen LogP contribution in [-0.4, -0.2) is 12.0 Å². The van der Waals surface area contributed by atoms with Crippen LogP contribution >= 0.6 is 31.9 Å². The van der Waals surface area contributed by atoms with Gasteiger partial charge in [0.2, 0.25) is 0 Å². The molecule has 0 aliphatic rings. The van der Waals surface area contributed by atoms with Gasteiger partial charge in [0, 0.05) is 20.8 Å². The molecule has 0 aromatic rings. The lowest BCUT2D eigenvalue weighted by Gasteiger charge is -2.10. The Bertz CT molecular complexity index is 533. The third kappa shape index (κ3) is 9.11. The summed E-state index contributed by atoms with van der Waals surface area (Å²) in [4.78, 5) is 12.4. The van der Waals surface area contributed by atoms with Crippen LogP contribution in [0.4, 0.5) is 0 Å². The van der Waals surface area contributed by atoms with Crippen LogP contribution in [0.5, 0.6) is 0 Å². The molecule has 1 N–H and O–H groups in total. The molecule has 0 aliphatic carbocycles. The van der Waals surface area contributed by atoms with Crippen molar-refractivity contribution in [3.05, 3.63) is 56.6 Å². The lowest BCUT2D eigenvalue weighted by atomic mass is 9.95. The van der Waals surface area contributed by atoms with Crippen molar-refractivity contribution in [2.75, 3.05) is 0 Å². The largest absolute Gasteiger partial charge is 0.308 e. The van der Waals surface area contributed by atoms with Gasteiger partial charge in [-0.1, -0.05) is 53.7 Å². The van der Waals surface area contributed by atoms with E-state index in [2.05, 4.69) is 45.0 Å². The molecule has 0 atom stereocenters. The smallest absolute Gasteiger partial charge is 0.188 e. The summed E-state index contributed by atoms with van der Waals surface area (Å²) in [6.45, 7) is 16.9. The number of carbonyl (C=O) groups excluding carboxylic acids is 1. The van der Waals surface area contributed by atoms with Gasteiger partial charge < -0.3 is 5.41 Å². The molecule has 0 aromatic heterocycles. The van der Waals surface area contributed by atoms with E-state index in [9.17, 15) is 4.79 Å². The van der Waals surface area contributed by atoms with E-state index in [1.807, 2.05) is 46.8 Å². The van der Waals surface area contributed by atoms with E-state index in [0.29, 0.717) is 4.48 Å². The van der Waals surface area contributed by atoms with Crippen molar-refractivity contribution >= 4 is 43.9 Å². The molecular formula is C18H25Br2NO. The van der Waals surface area contributed by atoms with Gasteiger partial charge in [-0.25, -0.2) is 0 Å². The number of rotatable bonds is 6. The Labute approximate surface area is 151 Å². The van der Waals surface area contributed by atoms with Gasteiger partial charge in [-0.15, -0.1) is 0 Å². The Morgan fingerprint density at radius 2 is 1.64 bits per heavy atom. The summed E-state index contributed by atoms with van der Waals surface area (Å²) in [7, 11) is 0. The first-order valence-electron chi connectivity index (χ1n) is 6.88. The molecule has 0 heterocycles. The molecule has 0 unspecified atom stereocenters.